The first-order valence-corrected chi connectivity index (χ1v) is 13.0. The summed E-state index contributed by atoms with van der Waals surface area (Å²) in [7, 11) is 1.63. The molecule has 2 heterocycles. The van der Waals surface area contributed by atoms with Crippen LogP contribution in [0.15, 0.2) is 60.0 Å². The molecule has 2 aliphatic rings. The molecule has 0 radical (unpaired) electrons. The summed E-state index contributed by atoms with van der Waals surface area (Å²) in [6.45, 7) is 0.981. The number of methoxy groups -OCH3 is 1. The van der Waals surface area contributed by atoms with E-state index in [1.54, 1.807) is 18.4 Å². The first-order chi connectivity index (χ1) is 17.1. The second-order valence-corrected chi connectivity index (χ2v) is 10.2. The quantitative estimate of drug-likeness (QED) is 0.431. The molecule has 1 atom stereocenters. The fourth-order valence-electron chi connectivity index (χ4n) is 5.08. The number of carbonyl (C=O) groups is 2. The smallest absolute Gasteiger partial charge is 0.252 e. The third-order valence-electron chi connectivity index (χ3n) is 6.88. The molecule has 1 fully saturated rings. The Morgan fingerprint density at radius 2 is 1.91 bits per heavy atom. The van der Waals surface area contributed by atoms with Gasteiger partial charge in [0.2, 0.25) is 5.91 Å². The van der Waals surface area contributed by atoms with Gasteiger partial charge in [-0.05, 0) is 53.6 Å². The van der Waals surface area contributed by atoms with Crippen molar-refractivity contribution < 1.29 is 19.1 Å². The Morgan fingerprint density at radius 1 is 1.09 bits per heavy atom. The minimum atomic E-state index is -0.282. The molecule has 35 heavy (non-hydrogen) atoms. The van der Waals surface area contributed by atoms with E-state index in [4.69, 9.17) is 9.47 Å². The van der Waals surface area contributed by atoms with Crippen molar-refractivity contribution in [2.45, 2.75) is 57.3 Å². The van der Waals surface area contributed by atoms with Crippen molar-refractivity contribution in [2.24, 2.45) is 0 Å². The number of thiophene rings is 1. The zero-order valence-electron chi connectivity index (χ0n) is 19.9. The van der Waals surface area contributed by atoms with E-state index in [-0.39, 0.29) is 30.3 Å². The number of nitrogens with zero attached hydrogens (tertiary/aromatic N) is 1. The van der Waals surface area contributed by atoms with Crippen molar-refractivity contribution in [3.63, 3.8) is 0 Å². The van der Waals surface area contributed by atoms with E-state index in [0.717, 1.165) is 41.7 Å². The average Bonchev–Trinajstić information content (AvgIpc) is 3.64. The van der Waals surface area contributed by atoms with E-state index < -0.39 is 0 Å². The molecule has 182 valence electrons. The standard InChI is InChI=1S/C28H30N2O4S/c1-33-25-13-12-19(15-26(25)34-18-21-9-6-14-35-21)17-30(20-7-2-3-8-20)27(31)16-24-22-10-4-5-11-23(22)28(32)29-24/h4-6,9-15,20,24H,2-3,7-8,16-18H2,1H3,(H,29,32). The van der Waals surface area contributed by atoms with Crippen molar-refractivity contribution in [3.05, 3.63) is 81.5 Å². The van der Waals surface area contributed by atoms with Crippen LogP contribution in [0.25, 0.3) is 0 Å². The number of ether oxygens (including phenoxy) is 2. The van der Waals surface area contributed by atoms with Gasteiger partial charge in [0, 0.05) is 23.0 Å². The molecule has 3 aromatic rings. The second kappa shape index (κ2) is 10.5. The number of amides is 2. The van der Waals surface area contributed by atoms with Gasteiger partial charge in [0.05, 0.1) is 19.6 Å². The highest BCUT2D eigenvalue weighted by Gasteiger charge is 2.33. The summed E-state index contributed by atoms with van der Waals surface area (Å²) in [6, 6.07) is 17.4. The summed E-state index contributed by atoms with van der Waals surface area (Å²) in [4.78, 5) is 29.1. The highest BCUT2D eigenvalue weighted by atomic mass is 32.1. The summed E-state index contributed by atoms with van der Waals surface area (Å²) in [6.07, 6.45) is 4.55. The maximum atomic E-state index is 13.6. The molecular formula is C28H30N2O4S. The van der Waals surface area contributed by atoms with Gasteiger partial charge < -0.3 is 19.7 Å². The highest BCUT2D eigenvalue weighted by Crippen LogP contribution is 2.33. The van der Waals surface area contributed by atoms with Gasteiger partial charge in [-0.3, -0.25) is 9.59 Å². The Balaban J connectivity index is 1.34. The predicted octanol–water partition coefficient (Wildman–Crippen LogP) is 5.48. The number of rotatable bonds is 9. The maximum absolute atomic E-state index is 13.6. The molecular weight excluding hydrogens is 460 g/mol. The molecule has 1 aliphatic carbocycles. The van der Waals surface area contributed by atoms with Gasteiger partial charge in [-0.2, -0.15) is 0 Å². The van der Waals surface area contributed by atoms with Crippen molar-refractivity contribution in [1.29, 1.82) is 0 Å². The normalized spacial score (nSPS) is 17.2. The van der Waals surface area contributed by atoms with Crippen LogP contribution in [-0.2, 0) is 17.9 Å². The number of fused-ring (bicyclic) bond motifs is 1. The molecule has 0 spiro atoms. The molecule has 2 amide bonds. The van der Waals surface area contributed by atoms with Crippen LogP contribution in [0, 0.1) is 0 Å². The minimum Gasteiger partial charge on any atom is -0.493 e. The zero-order valence-corrected chi connectivity index (χ0v) is 20.7. The van der Waals surface area contributed by atoms with Gasteiger partial charge in [-0.1, -0.05) is 43.2 Å². The van der Waals surface area contributed by atoms with Crippen LogP contribution in [0.1, 0.15) is 64.5 Å². The van der Waals surface area contributed by atoms with Crippen LogP contribution in [-0.4, -0.2) is 29.9 Å². The predicted molar refractivity (Wildman–Crippen MR) is 136 cm³/mol. The molecule has 1 aromatic heterocycles. The van der Waals surface area contributed by atoms with Crippen LogP contribution in [0.4, 0.5) is 0 Å². The Kier molecular flexibility index (Phi) is 7.04. The van der Waals surface area contributed by atoms with Gasteiger partial charge in [-0.25, -0.2) is 0 Å². The van der Waals surface area contributed by atoms with E-state index in [1.165, 1.54) is 0 Å². The maximum Gasteiger partial charge on any atom is 0.252 e. The topological polar surface area (TPSA) is 67.9 Å². The van der Waals surface area contributed by atoms with Gasteiger partial charge in [0.15, 0.2) is 11.5 Å². The molecule has 1 unspecified atom stereocenters. The van der Waals surface area contributed by atoms with E-state index in [9.17, 15) is 9.59 Å². The lowest BCUT2D eigenvalue weighted by Gasteiger charge is -2.30. The molecule has 1 aliphatic heterocycles. The summed E-state index contributed by atoms with van der Waals surface area (Å²) >= 11 is 1.65. The third-order valence-corrected chi connectivity index (χ3v) is 7.73. The summed E-state index contributed by atoms with van der Waals surface area (Å²) in [5, 5.41) is 5.02. The van der Waals surface area contributed by atoms with Crippen LogP contribution in [0.3, 0.4) is 0 Å². The van der Waals surface area contributed by atoms with E-state index >= 15 is 0 Å². The monoisotopic (exact) mass is 490 g/mol. The number of nitrogens with one attached hydrogen (secondary N) is 1. The lowest BCUT2D eigenvalue weighted by molar-refractivity contribution is -0.134. The number of hydrogen-bond acceptors (Lipinski definition) is 5. The van der Waals surface area contributed by atoms with Gasteiger partial charge in [0.25, 0.3) is 5.91 Å². The fourth-order valence-corrected chi connectivity index (χ4v) is 5.70. The minimum absolute atomic E-state index is 0.0655. The van der Waals surface area contributed by atoms with Gasteiger partial charge >= 0.3 is 0 Å². The second-order valence-electron chi connectivity index (χ2n) is 9.13. The lowest BCUT2D eigenvalue weighted by Crippen LogP contribution is -2.39. The number of carbonyl (C=O) groups excluding carboxylic acids is 2. The molecule has 7 heteroatoms. The molecule has 5 rings (SSSR count). The Bertz CT molecular complexity index is 1190. The Hall–Kier alpha value is -3.32. The SMILES string of the molecule is COc1ccc(CN(C(=O)CC2NC(=O)c3ccccc32)C2CCCC2)cc1OCc1cccs1. The van der Waals surface area contributed by atoms with Crippen molar-refractivity contribution in [2.75, 3.05) is 7.11 Å². The molecule has 0 bridgehead atoms. The summed E-state index contributed by atoms with van der Waals surface area (Å²) in [5.74, 6) is 1.31. The summed E-state index contributed by atoms with van der Waals surface area (Å²) in [5.41, 5.74) is 2.58. The molecule has 0 saturated heterocycles. The van der Waals surface area contributed by atoms with Crippen molar-refractivity contribution >= 4 is 23.2 Å². The first kappa shape index (κ1) is 23.4. The Morgan fingerprint density at radius 3 is 2.69 bits per heavy atom. The largest absolute Gasteiger partial charge is 0.493 e. The Labute approximate surface area is 209 Å². The van der Waals surface area contributed by atoms with Gasteiger partial charge in [0.1, 0.15) is 6.61 Å². The molecule has 2 aromatic carbocycles. The number of hydrogen-bond donors (Lipinski definition) is 1. The van der Waals surface area contributed by atoms with E-state index in [2.05, 4.69) is 5.32 Å². The van der Waals surface area contributed by atoms with Crippen molar-refractivity contribution in [3.8, 4) is 11.5 Å². The fraction of sp³-hybridized carbons (Fsp3) is 0.357. The number of benzene rings is 2. The summed E-state index contributed by atoms with van der Waals surface area (Å²) < 4.78 is 11.6. The van der Waals surface area contributed by atoms with E-state index in [1.807, 2.05) is 64.9 Å². The van der Waals surface area contributed by atoms with Gasteiger partial charge in [-0.15, -0.1) is 11.3 Å². The molecule has 1 saturated carbocycles. The van der Waals surface area contributed by atoms with Crippen LogP contribution in [0.5, 0.6) is 11.5 Å². The lowest BCUT2D eigenvalue weighted by atomic mass is 10.0. The molecule has 1 N–H and O–H groups in total. The van der Waals surface area contributed by atoms with Crippen LogP contribution < -0.4 is 14.8 Å². The van der Waals surface area contributed by atoms with E-state index in [0.29, 0.717) is 30.2 Å². The van der Waals surface area contributed by atoms with Crippen LogP contribution in [0.2, 0.25) is 0 Å². The van der Waals surface area contributed by atoms with Crippen LogP contribution >= 0.6 is 11.3 Å². The van der Waals surface area contributed by atoms with Crippen molar-refractivity contribution in [1.82, 2.24) is 10.2 Å². The third kappa shape index (κ3) is 5.20. The first-order valence-electron chi connectivity index (χ1n) is 12.1. The average molecular weight is 491 g/mol. The zero-order chi connectivity index (χ0) is 24.2. The highest BCUT2D eigenvalue weighted by molar-refractivity contribution is 7.09. The molecule has 6 nitrogen and oxygen atoms in total.